The predicted molar refractivity (Wildman–Crippen MR) is 173 cm³/mol. The average Bonchev–Trinajstić information content (AvgIpc) is 3.04. The van der Waals surface area contributed by atoms with Crippen LogP contribution in [0.4, 0.5) is 5.69 Å². The fourth-order valence-corrected chi connectivity index (χ4v) is 6.38. The number of carbonyl (C=O) groups is 2. The molecule has 0 fully saturated rings. The van der Waals surface area contributed by atoms with Gasteiger partial charge >= 0.3 is 0 Å². The molecule has 8 nitrogen and oxygen atoms in total. The Hall–Kier alpha value is -4.34. The Morgan fingerprint density at radius 2 is 1.50 bits per heavy atom. The van der Waals surface area contributed by atoms with Crippen molar-refractivity contribution >= 4 is 39.1 Å². The number of nitrogens with zero attached hydrogens (tertiary/aromatic N) is 2. The summed E-state index contributed by atoms with van der Waals surface area (Å²) in [5.74, 6) is -0.366. The lowest BCUT2D eigenvalue weighted by Crippen LogP contribution is -2.53. The number of carbonyl (C=O) groups excluding carboxylic acids is 2. The van der Waals surface area contributed by atoms with Crippen molar-refractivity contribution in [2.75, 3.05) is 24.5 Å². The molecule has 0 aliphatic carbocycles. The van der Waals surface area contributed by atoms with Crippen molar-refractivity contribution < 1.29 is 22.7 Å². The average molecular weight is 634 g/mol. The van der Waals surface area contributed by atoms with Crippen LogP contribution in [-0.2, 0) is 32.6 Å². The van der Waals surface area contributed by atoms with E-state index in [4.69, 9.17) is 16.3 Å². The molecule has 0 radical (unpaired) electrons. The summed E-state index contributed by atoms with van der Waals surface area (Å²) in [6.45, 7) is 1.89. The van der Waals surface area contributed by atoms with E-state index in [1.165, 1.54) is 24.1 Å². The van der Waals surface area contributed by atoms with Gasteiger partial charge in [0.05, 0.1) is 17.7 Å². The molecule has 0 aliphatic rings. The molecular weight excluding hydrogens is 598 g/mol. The van der Waals surface area contributed by atoms with Gasteiger partial charge in [-0.15, -0.1) is 0 Å². The number of hydrogen-bond acceptors (Lipinski definition) is 5. The van der Waals surface area contributed by atoms with Crippen LogP contribution in [0.3, 0.4) is 0 Å². The third-order valence-corrected chi connectivity index (χ3v) is 9.06. The number of nitrogens with one attached hydrogen (secondary N) is 1. The highest BCUT2D eigenvalue weighted by molar-refractivity contribution is 7.92. The lowest BCUT2D eigenvalue weighted by Gasteiger charge is -2.34. The molecular formula is C34H36ClN3O5S. The monoisotopic (exact) mass is 633 g/mol. The third kappa shape index (κ3) is 8.39. The standard InChI is InChI=1S/C34H36ClN3O5S/c1-3-21-36-34(40)32(23-26-11-6-4-7-12-26)37(24-27-13-10-14-28(35)22-27)33(39)25-38(29-15-8-5-9-16-29)44(41,42)31-19-17-30(43-2)18-20-31/h4-20,22,32H,3,21,23-25H2,1-2H3,(H,36,40)/t32-/m0/s1. The van der Waals surface area contributed by atoms with Gasteiger partial charge in [-0.3, -0.25) is 13.9 Å². The number of para-hydroxylation sites is 1. The zero-order valence-corrected chi connectivity index (χ0v) is 26.3. The Balaban J connectivity index is 1.77. The molecule has 0 unspecified atom stereocenters. The number of halogens is 1. The molecule has 2 amide bonds. The zero-order chi connectivity index (χ0) is 31.5. The number of hydrogen-bond donors (Lipinski definition) is 1. The molecule has 0 spiro atoms. The number of sulfonamides is 1. The van der Waals surface area contributed by atoms with Crippen LogP contribution in [0.25, 0.3) is 0 Å². The van der Waals surface area contributed by atoms with Gasteiger partial charge in [-0.05, 0) is 66.1 Å². The first-order chi connectivity index (χ1) is 21.2. The van der Waals surface area contributed by atoms with Crippen molar-refractivity contribution in [3.05, 3.63) is 125 Å². The first-order valence-electron chi connectivity index (χ1n) is 14.3. The maximum absolute atomic E-state index is 14.4. The second-order valence-electron chi connectivity index (χ2n) is 10.2. The Labute approximate surface area is 264 Å². The molecule has 230 valence electrons. The molecule has 4 aromatic rings. The highest BCUT2D eigenvalue weighted by Crippen LogP contribution is 2.26. The highest BCUT2D eigenvalue weighted by atomic mass is 35.5. The van der Waals surface area contributed by atoms with Crippen molar-refractivity contribution in [3.8, 4) is 5.75 Å². The third-order valence-electron chi connectivity index (χ3n) is 7.03. The maximum atomic E-state index is 14.4. The van der Waals surface area contributed by atoms with Crippen LogP contribution in [0, 0.1) is 0 Å². The largest absolute Gasteiger partial charge is 0.497 e. The quantitative estimate of drug-likeness (QED) is 0.192. The van der Waals surface area contributed by atoms with E-state index in [0.29, 0.717) is 35.0 Å². The van der Waals surface area contributed by atoms with Gasteiger partial charge < -0.3 is 15.0 Å². The zero-order valence-electron chi connectivity index (χ0n) is 24.7. The number of ether oxygens (including phenoxy) is 1. The molecule has 0 saturated carbocycles. The summed E-state index contributed by atoms with van der Waals surface area (Å²) >= 11 is 6.28. The van der Waals surface area contributed by atoms with Crippen LogP contribution in [-0.4, -0.2) is 51.4 Å². The van der Waals surface area contributed by atoms with Crippen molar-refractivity contribution in [3.63, 3.8) is 0 Å². The van der Waals surface area contributed by atoms with Gasteiger partial charge in [0.15, 0.2) is 0 Å². The second kappa shape index (κ2) is 15.4. The van der Waals surface area contributed by atoms with Crippen LogP contribution >= 0.6 is 11.6 Å². The summed E-state index contributed by atoms with van der Waals surface area (Å²) in [7, 11) is -2.70. The van der Waals surface area contributed by atoms with E-state index in [-0.39, 0.29) is 23.8 Å². The fraction of sp³-hybridized carbons (Fsp3) is 0.235. The minimum absolute atomic E-state index is 0.00197. The minimum Gasteiger partial charge on any atom is -0.497 e. The predicted octanol–water partition coefficient (Wildman–Crippen LogP) is 5.71. The Kier molecular flexibility index (Phi) is 11.4. The van der Waals surface area contributed by atoms with Gasteiger partial charge in [0, 0.05) is 24.5 Å². The highest BCUT2D eigenvalue weighted by Gasteiger charge is 2.34. The lowest BCUT2D eigenvalue weighted by molar-refractivity contribution is -0.140. The molecule has 1 atom stereocenters. The first-order valence-corrected chi connectivity index (χ1v) is 16.1. The van der Waals surface area contributed by atoms with E-state index in [1.807, 2.05) is 43.3 Å². The van der Waals surface area contributed by atoms with Crippen molar-refractivity contribution in [1.82, 2.24) is 10.2 Å². The molecule has 0 bridgehead atoms. The second-order valence-corrected chi connectivity index (χ2v) is 12.5. The Morgan fingerprint density at radius 3 is 2.11 bits per heavy atom. The van der Waals surface area contributed by atoms with Crippen LogP contribution in [0.1, 0.15) is 24.5 Å². The van der Waals surface area contributed by atoms with E-state index < -0.39 is 28.5 Å². The smallest absolute Gasteiger partial charge is 0.264 e. The van der Waals surface area contributed by atoms with Crippen LogP contribution < -0.4 is 14.4 Å². The maximum Gasteiger partial charge on any atom is 0.264 e. The van der Waals surface area contributed by atoms with Gasteiger partial charge in [0.25, 0.3) is 10.0 Å². The summed E-state index contributed by atoms with van der Waals surface area (Å²) in [4.78, 5) is 29.5. The van der Waals surface area contributed by atoms with Crippen LogP contribution in [0.5, 0.6) is 5.75 Å². The molecule has 0 aliphatic heterocycles. The van der Waals surface area contributed by atoms with Gasteiger partial charge in [0.2, 0.25) is 11.8 Å². The molecule has 0 aromatic heterocycles. The number of amides is 2. The fourth-order valence-electron chi connectivity index (χ4n) is 4.75. The summed E-state index contributed by atoms with van der Waals surface area (Å²) in [5.41, 5.74) is 1.88. The topological polar surface area (TPSA) is 96.0 Å². The van der Waals surface area contributed by atoms with E-state index in [9.17, 15) is 18.0 Å². The Morgan fingerprint density at radius 1 is 0.864 bits per heavy atom. The van der Waals surface area contributed by atoms with Crippen molar-refractivity contribution in [1.29, 1.82) is 0 Å². The number of rotatable bonds is 14. The van der Waals surface area contributed by atoms with Crippen LogP contribution in [0.2, 0.25) is 5.02 Å². The van der Waals surface area contributed by atoms with E-state index in [1.54, 1.807) is 60.7 Å². The van der Waals surface area contributed by atoms with Gasteiger partial charge in [-0.2, -0.15) is 0 Å². The first kappa shape index (κ1) is 32.6. The number of anilines is 1. The molecule has 0 heterocycles. The van der Waals surface area contributed by atoms with Gasteiger partial charge in [-0.1, -0.05) is 79.2 Å². The van der Waals surface area contributed by atoms with E-state index in [2.05, 4.69) is 5.32 Å². The molecule has 1 N–H and O–H groups in total. The summed E-state index contributed by atoms with van der Waals surface area (Å²) in [6, 6.07) is 30.0. The number of benzene rings is 4. The molecule has 4 rings (SSSR count). The molecule has 44 heavy (non-hydrogen) atoms. The minimum atomic E-state index is -4.20. The number of methoxy groups -OCH3 is 1. The lowest BCUT2D eigenvalue weighted by atomic mass is 10.0. The van der Waals surface area contributed by atoms with Crippen LogP contribution in [0.15, 0.2) is 114 Å². The van der Waals surface area contributed by atoms with E-state index >= 15 is 0 Å². The molecule has 10 heteroatoms. The van der Waals surface area contributed by atoms with Crippen molar-refractivity contribution in [2.24, 2.45) is 0 Å². The van der Waals surface area contributed by atoms with Gasteiger partial charge in [-0.25, -0.2) is 8.42 Å². The summed E-state index contributed by atoms with van der Waals surface area (Å²) < 4.78 is 34.4. The SMILES string of the molecule is CCCNC(=O)[C@H](Cc1ccccc1)N(Cc1cccc(Cl)c1)C(=O)CN(c1ccccc1)S(=O)(=O)c1ccc(OC)cc1. The summed E-state index contributed by atoms with van der Waals surface area (Å²) in [6.07, 6.45) is 0.952. The van der Waals surface area contributed by atoms with Gasteiger partial charge in [0.1, 0.15) is 18.3 Å². The van der Waals surface area contributed by atoms with Crippen molar-refractivity contribution in [2.45, 2.75) is 37.2 Å². The Bertz CT molecular complexity index is 1630. The molecule has 0 saturated heterocycles. The summed E-state index contributed by atoms with van der Waals surface area (Å²) in [5, 5.41) is 3.42. The normalized spacial score (nSPS) is 11.8. The van der Waals surface area contributed by atoms with E-state index in [0.717, 1.165) is 9.87 Å². The molecule has 4 aromatic carbocycles.